The minimum absolute atomic E-state index is 0.130. The zero-order valence-corrected chi connectivity index (χ0v) is 11.2. The molecule has 18 heavy (non-hydrogen) atoms. The van der Waals surface area contributed by atoms with E-state index in [1.165, 1.54) is 0 Å². The fourth-order valence-electron chi connectivity index (χ4n) is 1.74. The Morgan fingerprint density at radius 2 is 1.72 bits per heavy atom. The van der Waals surface area contributed by atoms with E-state index in [4.69, 9.17) is 28.9 Å². The van der Waals surface area contributed by atoms with Gasteiger partial charge in [0.2, 0.25) is 0 Å². The van der Waals surface area contributed by atoms with Gasteiger partial charge in [0.05, 0.1) is 5.02 Å². The summed E-state index contributed by atoms with van der Waals surface area (Å²) in [6, 6.07) is 10.00. The summed E-state index contributed by atoms with van der Waals surface area (Å²) in [7, 11) is 0. The highest BCUT2D eigenvalue weighted by molar-refractivity contribution is 6.35. The third-order valence-electron chi connectivity index (χ3n) is 2.67. The Labute approximate surface area is 115 Å². The number of ketones is 1. The Morgan fingerprint density at radius 1 is 1.06 bits per heavy atom. The number of hydrogen-bond acceptors (Lipinski definition) is 2. The van der Waals surface area contributed by atoms with Gasteiger partial charge in [-0.05, 0) is 48.9 Å². The Morgan fingerprint density at radius 3 is 2.33 bits per heavy atom. The molecule has 2 nitrogen and oxygen atoms in total. The standard InChI is InChI=1S/C14H11Cl2NO/c1-8-6-9(15)2-4-11(8)14(18)12-5-3-10(17)7-13(12)16/h2-7H,17H2,1H3. The molecule has 2 N–H and O–H groups in total. The summed E-state index contributed by atoms with van der Waals surface area (Å²) in [6.45, 7) is 1.84. The van der Waals surface area contributed by atoms with Crippen molar-refractivity contribution < 1.29 is 4.79 Å². The topological polar surface area (TPSA) is 43.1 Å². The van der Waals surface area contributed by atoms with Crippen molar-refractivity contribution in [1.29, 1.82) is 0 Å². The lowest BCUT2D eigenvalue weighted by Crippen LogP contribution is -2.04. The molecule has 0 heterocycles. The van der Waals surface area contributed by atoms with Gasteiger partial charge in [-0.15, -0.1) is 0 Å². The third kappa shape index (κ3) is 2.50. The number of anilines is 1. The lowest BCUT2D eigenvalue weighted by molar-refractivity contribution is 0.103. The Hall–Kier alpha value is -1.51. The first-order valence-corrected chi connectivity index (χ1v) is 6.10. The number of carbonyl (C=O) groups excluding carboxylic acids is 1. The maximum absolute atomic E-state index is 12.3. The largest absolute Gasteiger partial charge is 0.399 e. The predicted octanol–water partition coefficient (Wildman–Crippen LogP) is 4.12. The smallest absolute Gasteiger partial charge is 0.194 e. The SMILES string of the molecule is Cc1cc(Cl)ccc1C(=O)c1ccc(N)cc1Cl. The van der Waals surface area contributed by atoms with Crippen LogP contribution in [0.3, 0.4) is 0 Å². The molecule has 2 aromatic rings. The van der Waals surface area contributed by atoms with Crippen molar-refractivity contribution in [3.05, 3.63) is 63.1 Å². The summed E-state index contributed by atoms with van der Waals surface area (Å²) in [6.07, 6.45) is 0. The number of nitrogens with two attached hydrogens (primary N) is 1. The maximum Gasteiger partial charge on any atom is 0.194 e. The van der Waals surface area contributed by atoms with Crippen molar-refractivity contribution in [2.24, 2.45) is 0 Å². The van der Waals surface area contributed by atoms with Crippen molar-refractivity contribution >= 4 is 34.7 Å². The average molecular weight is 280 g/mol. The van der Waals surface area contributed by atoms with Crippen LogP contribution in [0.2, 0.25) is 10.0 Å². The van der Waals surface area contributed by atoms with Crippen molar-refractivity contribution in [3.63, 3.8) is 0 Å². The highest BCUT2D eigenvalue weighted by atomic mass is 35.5. The molecule has 4 heteroatoms. The fraction of sp³-hybridized carbons (Fsp3) is 0.0714. The molecule has 0 saturated heterocycles. The molecule has 0 aliphatic heterocycles. The van der Waals surface area contributed by atoms with Gasteiger partial charge in [0.15, 0.2) is 5.78 Å². The van der Waals surface area contributed by atoms with Crippen LogP contribution in [0.4, 0.5) is 5.69 Å². The molecule has 0 fully saturated rings. The van der Waals surface area contributed by atoms with Gasteiger partial charge >= 0.3 is 0 Å². The molecule has 2 aromatic carbocycles. The summed E-state index contributed by atoms with van der Waals surface area (Å²) >= 11 is 11.9. The zero-order valence-electron chi connectivity index (χ0n) is 9.71. The Bertz CT molecular complexity index is 570. The van der Waals surface area contributed by atoms with Crippen LogP contribution in [0.15, 0.2) is 36.4 Å². The van der Waals surface area contributed by atoms with Crippen LogP contribution in [0.1, 0.15) is 21.5 Å². The molecule has 0 atom stereocenters. The molecule has 0 saturated carbocycles. The fourth-order valence-corrected chi connectivity index (χ4v) is 2.24. The summed E-state index contributed by atoms with van der Waals surface area (Å²) in [5.74, 6) is -0.130. The number of benzene rings is 2. The first-order valence-electron chi connectivity index (χ1n) is 5.35. The highest BCUT2D eigenvalue weighted by Crippen LogP contribution is 2.24. The van der Waals surface area contributed by atoms with E-state index in [0.717, 1.165) is 5.56 Å². The molecular weight excluding hydrogens is 269 g/mol. The normalized spacial score (nSPS) is 10.4. The minimum atomic E-state index is -0.130. The number of carbonyl (C=O) groups is 1. The van der Waals surface area contributed by atoms with E-state index in [9.17, 15) is 4.79 Å². The lowest BCUT2D eigenvalue weighted by Gasteiger charge is -2.07. The van der Waals surface area contributed by atoms with Gasteiger partial charge in [-0.3, -0.25) is 4.79 Å². The molecular formula is C14H11Cl2NO. The van der Waals surface area contributed by atoms with E-state index in [1.807, 2.05) is 6.92 Å². The Balaban J connectivity index is 2.48. The third-order valence-corrected chi connectivity index (χ3v) is 3.22. The number of rotatable bonds is 2. The van der Waals surface area contributed by atoms with Gasteiger partial charge in [-0.2, -0.15) is 0 Å². The van der Waals surface area contributed by atoms with Crippen molar-refractivity contribution in [2.45, 2.75) is 6.92 Å². The minimum Gasteiger partial charge on any atom is -0.399 e. The van der Waals surface area contributed by atoms with Crippen molar-refractivity contribution in [1.82, 2.24) is 0 Å². The van der Waals surface area contributed by atoms with Gasteiger partial charge in [0.25, 0.3) is 0 Å². The molecule has 0 spiro atoms. The van der Waals surface area contributed by atoms with Gasteiger partial charge in [0, 0.05) is 21.8 Å². The van der Waals surface area contributed by atoms with Crippen LogP contribution in [0.5, 0.6) is 0 Å². The molecule has 0 aliphatic rings. The predicted molar refractivity (Wildman–Crippen MR) is 75.5 cm³/mol. The van der Waals surface area contributed by atoms with Gasteiger partial charge < -0.3 is 5.73 Å². The summed E-state index contributed by atoms with van der Waals surface area (Å²) in [5, 5.41) is 0.960. The van der Waals surface area contributed by atoms with E-state index in [2.05, 4.69) is 0 Å². The monoisotopic (exact) mass is 279 g/mol. The van der Waals surface area contributed by atoms with Gasteiger partial charge in [-0.25, -0.2) is 0 Å². The molecule has 92 valence electrons. The van der Waals surface area contributed by atoms with Crippen LogP contribution in [-0.2, 0) is 0 Å². The van der Waals surface area contributed by atoms with E-state index in [-0.39, 0.29) is 5.78 Å². The number of aryl methyl sites for hydroxylation is 1. The zero-order chi connectivity index (χ0) is 13.3. The molecule has 0 radical (unpaired) electrons. The van der Waals surface area contributed by atoms with Crippen LogP contribution >= 0.6 is 23.2 Å². The number of hydrogen-bond donors (Lipinski definition) is 1. The van der Waals surface area contributed by atoms with Crippen molar-refractivity contribution in [3.8, 4) is 0 Å². The second kappa shape index (κ2) is 5.01. The first kappa shape index (κ1) is 12.9. The maximum atomic E-state index is 12.3. The number of nitrogen functional groups attached to an aromatic ring is 1. The summed E-state index contributed by atoms with van der Waals surface area (Å²) in [4.78, 5) is 12.3. The van der Waals surface area contributed by atoms with Gasteiger partial charge in [-0.1, -0.05) is 23.2 Å². The second-order valence-electron chi connectivity index (χ2n) is 4.03. The summed E-state index contributed by atoms with van der Waals surface area (Å²) in [5.41, 5.74) is 7.98. The molecule has 0 bridgehead atoms. The second-order valence-corrected chi connectivity index (χ2v) is 4.87. The molecule has 2 rings (SSSR count). The Kier molecular flexibility index (Phi) is 3.60. The van der Waals surface area contributed by atoms with E-state index >= 15 is 0 Å². The highest BCUT2D eigenvalue weighted by Gasteiger charge is 2.15. The molecule has 0 aromatic heterocycles. The lowest BCUT2D eigenvalue weighted by atomic mass is 9.99. The molecule has 0 unspecified atom stereocenters. The number of halogens is 2. The van der Waals surface area contributed by atoms with E-state index in [0.29, 0.717) is 26.9 Å². The molecule has 0 amide bonds. The molecule has 0 aliphatic carbocycles. The van der Waals surface area contributed by atoms with Crippen LogP contribution in [0.25, 0.3) is 0 Å². The first-order chi connectivity index (χ1) is 8.49. The van der Waals surface area contributed by atoms with Crippen LogP contribution in [0, 0.1) is 6.92 Å². The van der Waals surface area contributed by atoms with Crippen molar-refractivity contribution in [2.75, 3.05) is 5.73 Å². The summed E-state index contributed by atoms with van der Waals surface area (Å²) < 4.78 is 0. The quantitative estimate of drug-likeness (QED) is 0.664. The van der Waals surface area contributed by atoms with E-state index in [1.54, 1.807) is 36.4 Å². The van der Waals surface area contributed by atoms with Gasteiger partial charge in [0.1, 0.15) is 0 Å². The average Bonchev–Trinajstić information content (AvgIpc) is 2.28. The van der Waals surface area contributed by atoms with E-state index < -0.39 is 0 Å². The van der Waals surface area contributed by atoms with Crippen LogP contribution in [-0.4, -0.2) is 5.78 Å². The van der Waals surface area contributed by atoms with Crippen LogP contribution < -0.4 is 5.73 Å².